The van der Waals surface area contributed by atoms with Crippen LogP contribution in [0.4, 0.5) is 0 Å². The molecule has 2 rings (SSSR count). The number of unbranched alkanes of at least 4 members (excludes halogenated alkanes) is 1. The van der Waals surface area contributed by atoms with Gasteiger partial charge in [0.2, 0.25) is 5.52 Å². The van der Waals surface area contributed by atoms with Crippen molar-refractivity contribution < 1.29 is 4.98 Å². The normalized spacial score (nSPS) is 14.7. The summed E-state index contributed by atoms with van der Waals surface area (Å²) < 4.78 is 0. The molecule has 0 aliphatic rings. The fraction of sp³-hybridized carbons (Fsp3) is 0.400. The van der Waals surface area contributed by atoms with Crippen LogP contribution in [-0.4, -0.2) is 9.14 Å². The fourth-order valence-corrected chi connectivity index (χ4v) is 2.19. The number of fused-ring (bicyclic) bond motifs is 1. The second kappa shape index (κ2) is 7.43. The topological polar surface area (TPSA) is 14.1 Å². The van der Waals surface area contributed by atoms with Crippen LogP contribution in [-0.2, 0) is 6.42 Å². The van der Waals surface area contributed by atoms with Crippen LogP contribution in [0.5, 0.6) is 0 Å². The molecular formula is C15H20Cl6NSb. The van der Waals surface area contributed by atoms with Crippen LogP contribution in [0.15, 0.2) is 24.3 Å². The third-order valence-electron chi connectivity index (χ3n) is 3.04. The van der Waals surface area contributed by atoms with Crippen molar-refractivity contribution in [2.24, 2.45) is 0 Å². The fourth-order valence-electron chi connectivity index (χ4n) is 2.19. The van der Waals surface area contributed by atoms with E-state index in [1.807, 2.05) is 0 Å². The zero-order valence-corrected chi connectivity index (χ0v) is 20.2. The Kier molecular flexibility index (Phi) is 7.18. The molecule has 0 saturated heterocycles. The van der Waals surface area contributed by atoms with Crippen LogP contribution < -0.4 is 4.98 Å². The number of H-pyrrole nitrogens is 1. The minimum atomic E-state index is -5.42. The molecule has 8 heteroatoms. The first-order chi connectivity index (χ1) is 10.2. The third kappa shape index (κ3) is 11.4. The Balaban J connectivity index is 0.000000322. The van der Waals surface area contributed by atoms with Crippen molar-refractivity contribution >= 4 is 73.0 Å². The molecule has 2 aromatic rings. The van der Waals surface area contributed by atoms with E-state index in [0.29, 0.717) is 0 Å². The van der Waals surface area contributed by atoms with Gasteiger partial charge in [-0.3, -0.25) is 0 Å². The van der Waals surface area contributed by atoms with Gasteiger partial charge in [-0.25, -0.2) is 4.98 Å². The second-order valence-electron chi connectivity index (χ2n) is 5.59. The molecule has 0 aliphatic carbocycles. The first-order valence-corrected chi connectivity index (χ1v) is 26.5. The Hall–Kier alpha value is 1.19. The molecule has 0 amide bonds. The quantitative estimate of drug-likeness (QED) is 0.356. The van der Waals surface area contributed by atoms with Crippen molar-refractivity contribution in [1.29, 1.82) is 0 Å². The van der Waals surface area contributed by atoms with Gasteiger partial charge in [0, 0.05) is 24.4 Å². The number of hydrogen-bond acceptors (Lipinski definition) is 0. The molecule has 0 atom stereocenters. The summed E-state index contributed by atoms with van der Waals surface area (Å²) in [6.45, 7) is 6.53. The van der Waals surface area contributed by atoms with Gasteiger partial charge in [-0.05, 0) is 31.4 Å². The molecule has 1 N–H and O–H groups in total. The van der Waals surface area contributed by atoms with Crippen LogP contribution in [0.25, 0.3) is 10.9 Å². The summed E-state index contributed by atoms with van der Waals surface area (Å²) in [7, 11) is 25.0. The molecule has 0 aliphatic heterocycles. The third-order valence-corrected chi connectivity index (χ3v) is 3.04. The van der Waals surface area contributed by atoms with Gasteiger partial charge in [-0.15, -0.1) is 0 Å². The van der Waals surface area contributed by atoms with E-state index < -0.39 is 9.14 Å². The molecule has 0 bridgehead atoms. The van der Waals surface area contributed by atoms with Gasteiger partial charge in [-0.1, -0.05) is 25.0 Å². The number of aromatic nitrogens is 1. The summed E-state index contributed by atoms with van der Waals surface area (Å²) in [5.74, 6) is 0. The molecule has 0 unspecified atom stereocenters. The van der Waals surface area contributed by atoms with E-state index in [1.54, 1.807) is 0 Å². The van der Waals surface area contributed by atoms with E-state index in [-0.39, 0.29) is 0 Å². The predicted molar refractivity (Wildman–Crippen MR) is 109 cm³/mol. The molecule has 1 heterocycles. The van der Waals surface area contributed by atoms with Crippen LogP contribution in [0.1, 0.15) is 36.6 Å². The van der Waals surface area contributed by atoms with Crippen LogP contribution in [0, 0.1) is 13.8 Å². The first-order valence-electron chi connectivity index (χ1n) is 7.14. The van der Waals surface area contributed by atoms with Crippen molar-refractivity contribution in [2.75, 3.05) is 0 Å². The number of aryl methyl sites for hydroxylation is 3. The van der Waals surface area contributed by atoms with E-state index in [9.17, 15) is 0 Å². The second-order valence-corrected chi connectivity index (χ2v) is 62.5. The van der Waals surface area contributed by atoms with Crippen molar-refractivity contribution in [2.45, 2.75) is 40.0 Å². The molecule has 1 aromatic heterocycles. The zero-order chi connectivity index (χ0) is 18.0. The maximum absolute atomic E-state index is 5.42. The molecule has 0 fully saturated rings. The molecule has 0 radical (unpaired) electrons. The molecule has 0 spiro atoms. The number of hydrogen-bond donors (Lipinski definition) is 0. The van der Waals surface area contributed by atoms with Crippen molar-refractivity contribution in [3.63, 3.8) is 0 Å². The Morgan fingerprint density at radius 2 is 1.52 bits per heavy atom. The van der Waals surface area contributed by atoms with E-state index >= 15 is 0 Å². The van der Waals surface area contributed by atoms with Crippen molar-refractivity contribution in [1.82, 2.24) is 0 Å². The standard InChI is InChI=1S/C15H19N.6ClH.Sb/c1-4-5-6-13-10-12(3)16-15-8-7-11(2)9-14(13)15;;;;;;;/h7-10H,4-6H2,1-3H3;6*1H;/q;;;;;;;+5/p-5. The molecule has 23 heavy (non-hydrogen) atoms. The van der Waals surface area contributed by atoms with Gasteiger partial charge in [0.1, 0.15) is 0 Å². The summed E-state index contributed by atoms with van der Waals surface area (Å²) >= 11 is 0. The minimum absolute atomic E-state index is 1.19. The Morgan fingerprint density at radius 1 is 0.957 bits per heavy atom. The Morgan fingerprint density at radius 3 is 2.04 bits per heavy atom. The Labute approximate surface area is 157 Å². The summed E-state index contributed by atoms with van der Waals surface area (Å²) in [4.78, 5) is 3.43. The van der Waals surface area contributed by atoms with Gasteiger partial charge in [0.05, 0.1) is 0 Å². The van der Waals surface area contributed by atoms with Crippen molar-refractivity contribution in [3.8, 4) is 0 Å². The molecule has 1 nitrogen and oxygen atoms in total. The van der Waals surface area contributed by atoms with Gasteiger partial charge in [0.25, 0.3) is 0 Å². The number of pyridine rings is 1. The number of benzene rings is 1. The van der Waals surface area contributed by atoms with Gasteiger partial charge in [0.15, 0.2) is 5.69 Å². The summed E-state index contributed by atoms with van der Waals surface area (Å²) in [6.07, 6.45) is 3.71. The van der Waals surface area contributed by atoms with Gasteiger partial charge in [-0.2, -0.15) is 0 Å². The monoisotopic (exact) mass is 545 g/mol. The average molecular weight is 549 g/mol. The zero-order valence-electron chi connectivity index (χ0n) is 13.1. The van der Waals surface area contributed by atoms with Crippen molar-refractivity contribution in [3.05, 3.63) is 41.1 Å². The number of rotatable bonds is 3. The SMILES string of the molecule is CCCCc1cc(C)[nH+]c2ccc(C)cc12.[Cl][Sb-]([Cl])([Cl])([Cl])([Cl])[Cl]. The number of halogens is 6. The first kappa shape index (κ1) is 22.2. The molecule has 1 aromatic carbocycles. The maximum atomic E-state index is 5.06. The Bertz CT molecular complexity index is 683. The van der Waals surface area contributed by atoms with Gasteiger partial charge >= 0.3 is 62.1 Å². The molecular weight excluding hydrogens is 529 g/mol. The van der Waals surface area contributed by atoms with E-state index in [2.05, 4.69) is 50.0 Å². The number of nitrogens with one attached hydrogen (secondary N) is 1. The molecule has 0 saturated carbocycles. The summed E-state index contributed by atoms with van der Waals surface area (Å²) in [5, 5.41) is 1.39. The van der Waals surface area contributed by atoms with E-state index in [4.69, 9.17) is 53.0 Å². The average Bonchev–Trinajstić information content (AvgIpc) is 2.32. The summed E-state index contributed by atoms with van der Waals surface area (Å²) in [6, 6.07) is 8.93. The summed E-state index contributed by atoms with van der Waals surface area (Å²) in [5.41, 5.74) is 5.33. The van der Waals surface area contributed by atoms with Crippen LogP contribution in [0.3, 0.4) is 0 Å². The predicted octanol–water partition coefficient (Wildman–Crippen LogP) is 7.37. The van der Waals surface area contributed by atoms with Crippen LogP contribution >= 0.6 is 53.0 Å². The molecule has 132 valence electrons. The van der Waals surface area contributed by atoms with E-state index in [1.165, 1.54) is 47.0 Å². The van der Waals surface area contributed by atoms with Gasteiger partial charge < -0.3 is 0 Å². The van der Waals surface area contributed by atoms with Crippen LogP contribution in [0.2, 0.25) is 0 Å². The number of aromatic amines is 1. The van der Waals surface area contributed by atoms with E-state index in [0.717, 1.165) is 0 Å².